The van der Waals surface area contributed by atoms with Gasteiger partial charge in [-0.1, -0.05) is 18.2 Å². The highest BCUT2D eigenvalue weighted by Crippen LogP contribution is 2.12. The molecular weight excluding hydrogens is 146 g/mol. The van der Waals surface area contributed by atoms with Gasteiger partial charge in [0, 0.05) is 0 Å². The molecule has 0 unspecified atom stereocenters. The molecule has 0 heterocycles. The zero-order valence-electron chi connectivity index (χ0n) is 8.15. The first-order valence-electron chi connectivity index (χ1n) is 4.45. The van der Waals surface area contributed by atoms with E-state index in [1.807, 2.05) is 7.05 Å². The molecular formula is C11H17N. The van der Waals surface area contributed by atoms with E-state index in [1.165, 1.54) is 16.7 Å². The quantitative estimate of drug-likeness (QED) is 0.719. The molecule has 1 nitrogen and oxygen atoms in total. The molecule has 0 aliphatic heterocycles. The highest BCUT2D eigenvalue weighted by molar-refractivity contribution is 5.33. The minimum absolute atomic E-state index is 1.06. The number of benzene rings is 1. The average molecular weight is 163 g/mol. The van der Waals surface area contributed by atoms with E-state index in [9.17, 15) is 0 Å². The molecule has 0 spiro atoms. The van der Waals surface area contributed by atoms with Gasteiger partial charge < -0.3 is 5.32 Å². The Morgan fingerprint density at radius 3 is 2.25 bits per heavy atom. The van der Waals surface area contributed by atoms with E-state index < -0.39 is 0 Å². The summed E-state index contributed by atoms with van der Waals surface area (Å²) in [4.78, 5) is 0. The van der Waals surface area contributed by atoms with Crippen molar-refractivity contribution in [1.82, 2.24) is 5.32 Å². The Bertz CT molecular complexity index is 233. The van der Waals surface area contributed by atoms with Crippen LogP contribution in [0.3, 0.4) is 0 Å². The number of hydrogen-bond acceptors (Lipinski definition) is 1. The van der Waals surface area contributed by atoms with Gasteiger partial charge in [0.2, 0.25) is 0 Å². The predicted octanol–water partition coefficient (Wildman–Crippen LogP) is 2.07. The number of rotatable bonds is 3. The van der Waals surface area contributed by atoms with E-state index in [2.05, 4.69) is 37.4 Å². The molecule has 0 saturated carbocycles. The van der Waals surface area contributed by atoms with Gasteiger partial charge in [-0.15, -0.1) is 0 Å². The normalized spacial score (nSPS) is 10.2. The topological polar surface area (TPSA) is 12.0 Å². The van der Waals surface area contributed by atoms with E-state index in [4.69, 9.17) is 0 Å². The smallest absolute Gasteiger partial charge is 0.00112 e. The number of nitrogens with one attached hydrogen (secondary N) is 1. The predicted molar refractivity (Wildman–Crippen MR) is 53.5 cm³/mol. The fraction of sp³-hybridized carbons (Fsp3) is 0.455. The van der Waals surface area contributed by atoms with E-state index in [1.54, 1.807) is 0 Å². The first kappa shape index (κ1) is 9.27. The monoisotopic (exact) mass is 163 g/mol. The highest BCUT2D eigenvalue weighted by Gasteiger charge is 1.99. The lowest BCUT2D eigenvalue weighted by molar-refractivity contribution is 0.785. The molecule has 0 aliphatic carbocycles. The Hall–Kier alpha value is -0.820. The Morgan fingerprint density at radius 2 is 1.75 bits per heavy atom. The van der Waals surface area contributed by atoms with Crippen molar-refractivity contribution in [2.24, 2.45) is 0 Å². The first-order valence-corrected chi connectivity index (χ1v) is 4.45. The van der Waals surface area contributed by atoms with Crippen LogP contribution in [0.15, 0.2) is 18.2 Å². The first-order chi connectivity index (χ1) is 5.75. The maximum atomic E-state index is 3.17. The van der Waals surface area contributed by atoms with E-state index in [0.717, 1.165) is 13.0 Å². The van der Waals surface area contributed by atoms with Gasteiger partial charge in [-0.3, -0.25) is 0 Å². The van der Waals surface area contributed by atoms with Crippen molar-refractivity contribution < 1.29 is 0 Å². The second-order valence-electron chi connectivity index (χ2n) is 3.22. The third-order valence-corrected chi connectivity index (χ3v) is 2.27. The molecule has 12 heavy (non-hydrogen) atoms. The Balaban J connectivity index is 2.81. The lowest BCUT2D eigenvalue weighted by Crippen LogP contribution is -2.11. The Labute approximate surface area is 74.8 Å². The number of hydrogen-bond donors (Lipinski definition) is 1. The summed E-state index contributed by atoms with van der Waals surface area (Å²) in [6.45, 7) is 5.42. The summed E-state index contributed by atoms with van der Waals surface area (Å²) in [5.41, 5.74) is 4.31. The van der Waals surface area contributed by atoms with E-state index >= 15 is 0 Å². The van der Waals surface area contributed by atoms with Gasteiger partial charge in [-0.05, 0) is 50.6 Å². The van der Waals surface area contributed by atoms with E-state index in [0.29, 0.717) is 0 Å². The summed E-state index contributed by atoms with van der Waals surface area (Å²) in [6, 6.07) is 6.48. The molecule has 0 radical (unpaired) electrons. The van der Waals surface area contributed by atoms with Crippen LogP contribution in [0.4, 0.5) is 0 Å². The van der Waals surface area contributed by atoms with Gasteiger partial charge in [-0.2, -0.15) is 0 Å². The van der Waals surface area contributed by atoms with Crippen LogP contribution < -0.4 is 5.32 Å². The molecule has 1 heteroatoms. The van der Waals surface area contributed by atoms with Crippen molar-refractivity contribution in [3.8, 4) is 0 Å². The van der Waals surface area contributed by atoms with Gasteiger partial charge in [0.15, 0.2) is 0 Å². The zero-order chi connectivity index (χ0) is 8.97. The van der Waals surface area contributed by atoms with Crippen molar-refractivity contribution in [3.05, 3.63) is 34.9 Å². The molecule has 0 amide bonds. The second kappa shape index (κ2) is 4.27. The summed E-state index contributed by atoms with van der Waals surface area (Å²) < 4.78 is 0. The maximum absolute atomic E-state index is 3.17. The van der Waals surface area contributed by atoms with Gasteiger partial charge in [0.1, 0.15) is 0 Å². The molecule has 66 valence electrons. The molecule has 0 fully saturated rings. The molecule has 1 aromatic carbocycles. The van der Waals surface area contributed by atoms with Crippen LogP contribution in [0.25, 0.3) is 0 Å². The average Bonchev–Trinajstić information content (AvgIpc) is 2.04. The Kier molecular flexibility index (Phi) is 3.30. The third-order valence-electron chi connectivity index (χ3n) is 2.27. The summed E-state index contributed by atoms with van der Waals surface area (Å²) in [5.74, 6) is 0. The molecule has 0 aromatic heterocycles. The van der Waals surface area contributed by atoms with Crippen LogP contribution in [0.5, 0.6) is 0 Å². The second-order valence-corrected chi connectivity index (χ2v) is 3.22. The number of likely N-dealkylation sites (N-methyl/N-ethyl adjacent to an activating group) is 1. The van der Waals surface area contributed by atoms with Gasteiger partial charge in [0.05, 0.1) is 0 Å². The van der Waals surface area contributed by atoms with Gasteiger partial charge in [-0.25, -0.2) is 0 Å². The molecule has 1 rings (SSSR count). The zero-order valence-corrected chi connectivity index (χ0v) is 8.15. The minimum atomic E-state index is 1.06. The molecule has 1 N–H and O–H groups in total. The summed E-state index contributed by atoms with van der Waals surface area (Å²) in [6.07, 6.45) is 1.13. The molecule has 0 bridgehead atoms. The lowest BCUT2D eigenvalue weighted by atomic mass is 10.0. The highest BCUT2D eigenvalue weighted by atomic mass is 14.8. The minimum Gasteiger partial charge on any atom is -0.319 e. The van der Waals surface area contributed by atoms with Crippen LogP contribution in [-0.4, -0.2) is 13.6 Å². The molecule has 0 saturated heterocycles. The van der Waals surface area contributed by atoms with Crippen LogP contribution in [0, 0.1) is 13.8 Å². The summed E-state index contributed by atoms with van der Waals surface area (Å²) in [7, 11) is 1.99. The van der Waals surface area contributed by atoms with Crippen molar-refractivity contribution in [2.75, 3.05) is 13.6 Å². The van der Waals surface area contributed by atoms with Crippen molar-refractivity contribution in [3.63, 3.8) is 0 Å². The fourth-order valence-corrected chi connectivity index (χ4v) is 1.49. The molecule has 0 aliphatic rings. The fourth-order valence-electron chi connectivity index (χ4n) is 1.49. The van der Waals surface area contributed by atoms with Crippen LogP contribution in [0.1, 0.15) is 16.7 Å². The van der Waals surface area contributed by atoms with Crippen LogP contribution in [0.2, 0.25) is 0 Å². The largest absolute Gasteiger partial charge is 0.319 e. The van der Waals surface area contributed by atoms with Gasteiger partial charge >= 0.3 is 0 Å². The van der Waals surface area contributed by atoms with Gasteiger partial charge in [0.25, 0.3) is 0 Å². The standard InChI is InChI=1S/C11H17N/c1-9-5-4-6-10(2)11(9)7-8-12-3/h4-6,12H,7-8H2,1-3H3. The number of aryl methyl sites for hydroxylation is 2. The SMILES string of the molecule is CNCCc1c(C)cccc1C. The summed E-state index contributed by atoms with van der Waals surface area (Å²) in [5, 5.41) is 3.17. The van der Waals surface area contributed by atoms with Crippen LogP contribution >= 0.6 is 0 Å². The lowest BCUT2D eigenvalue weighted by Gasteiger charge is -2.08. The third kappa shape index (κ3) is 2.08. The van der Waals surface area contributed by atoms with Crippen molar-refractivity contribution >= 4 is 0 Å². The maximum Gasteiger partial charge on any atom is -0.00112 e. The Morgan fingerprint density at radius 1 is 1.17 bits per heavy atom. The van der Waals surface area contributed by atoms with E-state index in [-0.39, 0.29) is 0 Å². The van der Waals surface area contributed by atoms with Crippen LogP contribution in [-0.2, 0) is 6.42 Å². The molecule has 0 atom stereocenters. The summed E-state index contributed by atoms with van der Waals surface area (Å²) >= 11 is 0. The van der Waals surface area contributed by atoms with Crippen molar-refractivity contribution in [2.45, 2.75) is 20.3 Å². The van der Waals surface area contributed by atoms with Crippen molar-refractivity contribution in [1.29, 1.82) is 0 Å². The molecule has 1 aromatic rings.